The maximum atomic E-state index is 5.89. The number of aromatic nitrogens is 1. The lowest BCUT2D eigenvalue weighted by molar-refractivity contribution is 0.459. The number of aryl methyl sites for hydroxylation is 2. The number of pyridine rings is 1. The van der Waals surface area contributed by atoms with Crippen LogP contribution in [0.3, 0.4) is 0 Å². The zero-order valence-corrected chi connectivity index (χ0v) is 12.3. The third-order valence-corrected chi connectivity index (χ3v) is 5.21. The highest BCUT2D eigenvalue weighted by molar-refractivity contribution is 5.41. The van der Waals surface area contributed by atoms with Crippen molar-refractivity contribution in [3.8, 4) is 0 Å². The predicted molar refractivity (Wildman–Crippen MR) is 83.5 cm³/mol. The SMILES string of the molecule is Cc1cncc(C(NN)C2C3CCc4ccccc4C32)c1. The van der Waals surface area contributed by atoms with Crippen molar-refractivity contribution in [3.05, 3.63) is 65.0 Å². The number of nitrogens with zero attached hydrogens (tertiary/aromatic N) is 1. The molecule has 2 aliphatic carbocycles. The van der Waals surface area contributed by atoms with Gasteiger partial charge in [-0.1, -0.05) is 30.3 Å². The lowest BCUT2D eigenvalue weighted by atomic mass is 9.92. The number of fused-ring (bicyclic) bond motifs is 3. The van der Waals surface area contributed by atoms with Gasteiger partial charge in [0.05, 0.1) is 6.04 Å². The van der Waals surface area contributed by atoms with Gasteiger partial charge in [-0.2, -0.15) is 0 Å². The van der Waals surface area contributed by atoms with Gasteiger partial charge < -0.3 is 0 Å². The van der Waals surface area contributed by atoms with E-state index >= 15 is 0 Å². The molecule has 2 aliphatic rings. The van der Waals surface area contributed by atoms with Crippen LogP contribution < -0.4 is 11.3 Å². The van der Waals surface area contributed by atoms with Crippen molar-refractivity contribution in [1.29, 1.82) is 0 Å². The zero-order valence-electron chi connectivity index (χ0n) is 12.3. The van der Waals surface area contributed by atoms with E-state index in [4.69, 9.17) is 5.84 Å². The lowest BCUT2D eigenvalue weighted by Gasteiger charge is -2.17. The summed E-state index contributed by atoms with van der Waals surface area (Å²) in [6.07, 6.45) is 6.33. The second-order valence-electron chi connectivity index (χ2n) is 6.44. The minimum Gasteiger partial charge on any atom is -0.271 e. The fraction of sp³-hybridized carbons (Fsp3) is 0.389. The number of hydrogen-bond donors (Lipinski definition) is 2. The Hall–Kier alpha value is -1.71. The number of hydrazine groups is 1. The molecule has 4 rings (SSSR count). The summed E-state index contributed by atoms with van der Waals surface area (Å²) in [5.41, 5.74) is 8.53. The molecule has 1 aromatic carbocycles. The fourth-order valence-electron chi connectivity index (χ4n) is 4.25. The van der Waals surface area contributed by atoms with Crippen LogP contribution in [0.2, 0.25) is 0 Å². The summed E-state index contributed by atoms with van der Waals surface area (Å²) >= 11 is 0. The maximum absolute atomic E-state index is 5.89. The first kappa shape index (κ1) is 13.0. The highest BCUT2D eigenvalue weighted by Crippen LogP contribution is 2.63. The van der Waals surface area contributed by atoms with Crippen molar-refractivity contribution in [2.75, 3.05) is 0 Å². The summed E-state index contributed by atoms with van der Waals surface area (Å²) in [7, 11) is 0. The molecular formula is C18H21N3. The molecule has 1 saturated carbocycles. The highest BCUT2D eigenvalue weighted by atomic mass is 15.2. The Morgan fingerprint density at radius 1 is 1.29 bits per heavy atom. The summed E-state index contributed by atoms with van der Waals surface area (Å²) in [4.78, 5) is 4.33. The van der Waals surface area contributed by atoms with E-state index in [1.54, 1.807) is 5.56 Å². The van der Waals surface area contributed by atoms with Crippen LogP contribution in [0.15, 0.2) is 42.7 Å². The Kier molecular flexibility index (Phi) is 3.05. The van der Waals surface area contributed by atoms with Crippen LogP contribution in [-0.2, 0) is 6.42 Å². The quantitative estimate of drug-likeness (QED) is 0.671. The average molecular weight is 279 g/mol. The van der Waals surface area contributed by atoms with Gasteiger partial charge in [0.1, 0.15) is 0 Å². The highest BCUT2D eigenvalue weighted by Gasteiger charge is 2.56. The van der Waals surface area contributed by atoms with E-state index in [1.807, 2.05) is 12.4 Å². The molecule has 3 nitrogen and oxygen atoms in total. The number of hydrogen-bond acceptors (Lipinski definition) is 3. The minimum atomic E-state index is 0.207. The molecule has 1 heterocycles. The molecule has 0 saturated heterocycles. The smallest absolute Gasteiger partial charge is 0.0512 e. The number of rotatable bonds is 3. The Labute approximate surface area is 125 Å². The van der Waals surface area contributed by atoms with Gasteiger partial charge in [0.25, 0.3) is 0 Å². The van der Waals surface area contributed by atoms with Gasteiger partial charge in [-0.3, -0.25) is 16.3 Å². The van der Waals surface area contributed by atoms with Crippen molar-refractivity contribution in [2.45, 2.75) is 31.7 Å². The van der Waals surface area contributed by atoms with Crippen molar-refractivity contribution >= 4 is 0 Å². The largest absolute Gasteiger partial charge is 0.271 e. The van der Waals surface area contributed by atoms with E-state index in [0.717, 1.165) is 5.92 Å². The maximum Gasteiger partial charge on any atom is 0.0512 e. The molecule has 108 valence electrons. The topological polar surface area (TPSA) is 50.9 Å². The molecule has 0 spiro atoms. The molecule has 1 aromatic heterocycles. The first-order valence-electron chi connectivity index (χ1n) is 7.75. The third-order valence-electron chi connectivity index (χ3n) is 5.21. The van der Waals surface area contributed by atoms with Gasteiger partial charge in [0, 0.05) is 12.4 Å². The van der Waals surface area contributed by atoms with Gasteiger partial charge in [-0.25, -0.2) is 0 Å². The van der Waals surface area contributed by atoms with Crippen molar-refractivity contribution in [3.63, 3.8) is 0 Å². The van der Waals surface area contributed by atoms with E-state index in [0.29, 0.717) is 11.8 Å². The summed E-state index contributed by atoms with van der Waals surface area (Å²) in [5.74, 6) is 7.92. The molecule has 0 aliphatic heterocycles. The van der Waals surface area contributed by atoms with Gasteiger partial charge >= 0.3 is 0 Å². The normalized spacial score (nSPS) is 27.6. The van der Waals surface area contributed by atoms with E-state index in [2.05, 4.69) is 47.7 Å². The van der Waals surface area contributed by atoms with Crippen LogP contribution in [0.25, 0.3) is 0 Å². The Bertz CT molecular complexity index is 667. The molecule has 3 heteroatoms. The molecule has 2 aromatic rings. The number of nitrogens with one attached hydrogen (secondary N) is 1. The van der Waals surface area contributed by atoms with Gasteiger partial charge in [-0.15, -0.1) is 0 Å². The second-order valence-corrected chi connectivity index (χ2v) is 6.44. The van der Waals surface area contributed by atoms with Crippen molar-refractivity contribution in [1.82, 2.24) is 10.4 Å². The van der Waals surface area contributed by atoms with E-state index < -0.39 is 0 Å². The molecule has 3 N–H and O–H groups in total. The van der Waals surface area contributed by atoms with Crippen LogP contribution in [0.5, 0.6) is 0 Å². The molecule has 4 atom stereocenters. The Morgan fingerprint density at radius 2 is 2.14 bits per heavy atom. The van der Waals surface area contributed by atoms with Crippen LogP contribution >= 0.6 is 0 Å². The standard InChI is InChI=1S/C18H21N3/c1-11-8-13(10-20-9-11)18(21-19)17-15-7-6-12-4-2-3-5-14(12)16(15)17/h2-5,8-10,15-18,21H,6-7,19H2,1H3. The van der Waals surface area contributed by atoms with Crippen LogP contribution in [-0.4, -0.2) is 4.98 Å². The summed E-state index contributed by atoms with van der Waals surface area (Å²) < 4.78 is 0. The van der Waals surface area contributed by atoms with Crippen molar-refractivity contribution in [2.24, 2.45) is 17.7 Å². The fourth-order valence-corrected chi connectivity index (χ4v) is 4.25. The van der Waals surface area contributed by atoms with Gasteiger partial charge in [-0.05, 0) is 59.8 Å². The van der Waals surface area contributed by atoms with E-state index in [9.17, 15) is 0 Å². The molecular weight excluding hydrogens is 258 g/mol. The first-order chi connectivity index (χ1) is 10.3. The Morgan fingerprint density at radius 3 is 2.95 bits per heavy atom. The van der Waals surface area contributed by atoms with Gasteiger partial charge in [0.2, 0.25) is 0 Å². The molecule has 1 fully saturated rings. The molecule has 4 unspecified atom stereocenters. The first-order valence-corrected chi connectivity index (χ1v) is 7.75. The van der Waals surface area contributed by atoms with Crippen LogP contribution in [0.1, 0.15) is 40.6 Å². The average Bonchev–Trinajstić information content (AvgIpc) is 3.23. The monoisotopic (exact) mass is 279 g/mol. The predicted octanol–water partition coefficient (Wildman–Crippen LogP) is 2.87. The summed E-state index contributed by atoms with van der Waals surface area (Å²) in [6.45, 7) is 2.08. The number of nitrogens with two attached hydrogens (primary N) is 1. The van der Waals surface area contributed by atoms with Crippen LogP contribution in [0, 0.1) is 18.8 Å². The number of benzene rings is 1. The van der Waals surface area contributed by atoms with Crippen LogP contribution in [0.4, 0.5) is 0 Å². The van der Waals surface area contributed by atoms with E-state index in [-0.39, 0.29) is 6.04 Å². The summed E-state index contributed by atoms with van der Waals surface area (Å²) in [6, 6.07) is 11.3. The molecule has 0 amide bonds. The minimum absolute atomic E-state index is 0.207. The second kappa shape index (κ2) is 4.93. The lowest BCUT2D eigenvalue weighted by Crippen LogP contribution is -2.30. The van der Waals surface area contributed by atoms with Gasteiger partial charge in [0.15, 0.2) is 0 Å². The third kappa shape index (κ3) is 2.08. The molecule has 21 heavy (non-hydrogen) atoms. The molecule has 0 radical (unpaired) electrons. The van der Waals surface area contributed by atoms with E-state index in [1.165, 1.54) is 29.5 Å². The molecule has 0 bridgehead atoms. The van der Waals surface area contributed by atoms with Crippen molar-refractivity contribution < 1.29 is 0 Å². The Balaban J connectivity index is 1.66. The zero-order chi connectivity index (χ0) is 14.4. The summed E-state index contributed by atoms with van der Waals surface area (Å²) in [5, 5.41) is 0.